The average molecular weight is 429 g/mol. The topological polar surface area (TPSA) is 89.0 Å². The number of hydrogen-bond acceptors (Lipinski definition) is 7. The van der Waals surface area contributed by atoms with Gasteiger partial charge in [-0.05, 0) is 44.4 Å². The molecule has 1 N–H and O–H groups in total. The molecule has 2 unspecified atom stereocenters. The lowest BCUT2D eigenvalue weighted by molar-refractivity contribution is -0.131. The number of carbonyl (C=O) groups excluding carboxylic acids is 2. The van der Waals surface area contributed by atoms with E-state index in [-0.39, 0.29) is 17.5 Å². The average Bonchev–Trinajstić information content (AvgIpc) is 3.43. The highest BCUT2D eigenvalue weighted by Crippen LogP contribution is 2.41. The van der Waals surface area contributed by atoms with Crippen molar-refractivity contribution in [3.63, 3.8) is 0 Å². The van der Waals surface area contributed by atoms with E-state index in [0.717, 1.165) is 17.8 Å². The molecule has 1 aromatic heterocycles. The number of benzene rings is 1. The monoisotopic (exact) mass is 428 g/mol. The zero-order chi connectivity index (χ0) is 21.4. The number of hydrogen-bond donors (Lipinski definition) is 1. The van der Waals surface area contributed by atoms with Gasteiger partial charge < -0.3 is 19.5 Å². The molecule has 0 bridgehead atoms. The van der Waals surface area contributed by atoms with Crippen LogP contribution in [0.5, 0.6) is 5.75 Å². The predicted molar refractivity (Wildman–Crippen MR) is 112 cm³/mol. The van der Waals surface area contributed by atoms with Crippen LogP contribution in [0.25, 0.3) is 0 Å². The summed E-state index contributed by atoms with van der Waals surface area (Å²) in [5.74, 6) is -0.816. The van der Waals surface area contributed by atoms with Crippen molar-refractivity contribution in [3.05, 3.63) is 56.7 Å². The molecule has 1 amide bonds. The summed E-state index contributed by atoms with van der Waals surface area (Å²) in [7, 11) is 1.56. The van der Waals surface area contributed by atoms with E-state index in [2.05, 4.69) is 4.98 Å². The fourth-order valence-corrected chi connectivity index (χ4v) is 4.98. The van der Waals surface area contributed by atoms with Crippen molar-refractivity contribution in [2.45, 2.75) is 38.8 Å². The number of aromatic nitrogens is 1. The van der Waals surface area contributed by atoms with Crippen molar-refractivity contribution in [2.75, 3.05) is 20.3 Å². The fraction of sp³-hybridized carbons (Fsp3) is 0.409. The van der Waals surface area contributed by atoms with Crippen LogP contribution in [0.15, 0.2) is 35.6 Å². The molecule has 2 atom stereocenters. The van der Waals surface area contributed by atoms with Gasteiger partial charge in [-0.1, -0.05) is 12.1 Å². The highest BCUT2D eigenvalue weighted by Gasteiger charge is 2.45. The molecule has 7 nitrogen and oxygen atoms in total. The van der Waals surface area contributed by atoms with Gasteiger partial charge in [-0.15, -0.1) is 11.3 Å². The van der Waals surface area contributed by atoms with Crippen LogP contribution in [0.3, 0.4) is 0 Å². The van der Waals surface area contributed by atoms with E-state index in [4.69, 9.17) is 9.47 Å². The number of ether oxygens (including phenoxy) is 2. The molecule has 3 heterocycles. The summed E-state index contributed by atoms with van der Waals surface area (Å²) in [6.45, 7) is 4.55. The summed E-state index contributed by atoms with van der Waals surface area (Å²) in [5, 5.41) is 11.5. The van der Waals surface area contributed by atoms with Gasteiger partial charge in [0.05, 0.1) is 40.4 Å². The van der Waals surface area contributed by atoms with Gasteiger partial charge in [0.2, 0.25) is 5.78 Å². The molecule has 4 rings (SSSR count). The fourth-order valence-electron chi connectivity index (χ4n) is 4.10. The largest absolute Gasteiger partial charge is 0.503 e. The second-order valence-electron chi connectivity index (χ2n) is 7.51. The second kappa shape index (κ2) is 8.20. The first-order valence-corrected chi connectivity index (χ1v) is 10.7. The lowest BCUT2D eigenvalue weighted by Crippen LogP contribution is -2.37. The zero-order valence-electron chi connectivity index (χ0n) is 17.2. The lowest BCUT2D eigenvalue weighted by atomic mass is 9.94. The van der Waals surface area contributed by atoms with Gasteiger partial charge in [0.1, 0.15) is 5.75 Å². The van der Waals surface area contributed by atoms with Gasteiger partial charge >= 0.3 is 0 Å². The van der Waals surface area contributed by atoms with Gasteiger partial charge in [-0.2, -0.15) is 0 Å². The van der Waals surface area contributed by atoms with Crippen LogP contribution in [0, 0.1) is 13.8 Å². The number of nitrogens with zero attached hydrogens (tertiary/aromatic N) is 2. The van der Waals surface area contributed by atoms with Crippen molar-refractivity contribution in [1.82, 2.24) is 9.88 Å². The number of methoxy groups -OCH3 is 1. The Morgan fingerprint density at radius 1 is 1.40 bits per heavy atom. The highest BCUT2D eigenvalue weighted by molar-refractivity contribution is 7.14. The quantitative estimate of drug-likeness (QED) is 0.708. The molecule has 0 aliphatic carbocycles. The van der Waals surface area contributed by atoms with E-state index >= 15 is 0 Å². The Balaban J connectivity index is 1.79. The molecule has 1 fully saturated rings. The van der Waals surface area contributed by atoms with Crippen molar-refractivity contribution in [1.29, 1.82) is 0 Å². The lowest BCUT2D eigenvalue weighted by Gasteiger charge is -2.29. The van der Waals surface area contributed by atoms with E-state index in [0.29, 0.717) is 35.0 Å². The molecule has 0 saturated carbocycles. The van der Waals surface area contributed by atoms with Gasteiger partial charge in [-0.25, -0.2) is 4.98 Å². The summed E-state index contributed by atoms with van der Waals surface area (Å²) >= 11 is 1.27. The van der Waals surface area contributed by atoms with Crippen molar-refractivity contribution >= 4 is 23.0 Å². The maximum absolute atomic E-state index is 13.5. The summed E-state index contributed by atoms with van der Waals surface area (Å²) in [6, 6.07) is 6.51. The van der Waals surface area contributed by atoms with Crippen LogP contribution in [0.2, 0.25) is 0 Å². The maximum Gasteiger partial charge on any atom is 0.290 e. The number of Topliss-reactive ketones (excluding diaryl/α,β-unsaturated/α-hetero) is 1. The summed E-state index contributed by atoms with van der Waals surface area (Å²) < 4.78 is 11.1. The van der Waals surface area contributed by atoms with E-state index in [1.165, 1.54) is 16.2 Å². The number of thiazole rings is 1. The van der Waals surface area contributed by atoms with Gasteiger partial charge in [-0.3, -0.25) is 9.59 Å². The maximum atomic E-state index is 13.5. The molecule has 2 aliphatic heterocycles. The molecule has 30 heavy (non-hydrogen) atoms. The minimum Gasteiger partial charge on any atom is -0.503 e. The van der Waals surface area contributed by atoms with Crippen molar-refractivity contribution in [3.8, 4) is 5.75 Å². The molecular formula is C22H24N2O5S. The number of ketones is 1. The number of aliphatic hydroxyl groups is 1. The summed E-state index contributed by atoms with van der Waals surface area (Å²) in [6.07, 6.45) is 1.66. The van der Waals surface area contributed by atoms with Gasteiger partial charge in [0.15, 0.2) is 5.76 Å². The Morgan fingerprint density at radius 3 is 2.83 bits per heavy atom. The molecule has 2 aromatic rings. The first-order valence-electron chi connectivity index (χ1n) is 9.89. The standard InChI is InChI=1S/C22H24N2O5S/c1-12-21(30-13(2)23-12)19(25)17-18(14-6-4-7-15(10-14)28-3)24(22(27)20(17)26)11-16-8-5-9-29-16/h4,6-7,10,16,18,26H,5,8-9,11H2,1-3H3. The molecule has 8 heteroatoms. The molecule has 2 aliphatic rings. The molecule has 158 valence electrons. The first-order chi connectivity index (χ1) is 14.4. The summed E-state index contributed by atoms with van der Waals surface area (Å²) in [5.41, 5.74) is 1.38. The first kappa shape index (κ1) is 20.6. The van der Waals surface area contributed by atoms with Crippen molar-refractivity contribution in [2.24, 2.45) is 0 Å². The number of rotatable bonds is 6. The molecule has 0 radical (unpaired) electrons. The molecule has 1 saturated heterocycles. The van der Waals surface area contributed by atoms with E-state index < -0.39 is 17.7 Å². The molecular weight excluding hydrogens is 404 g/mol. The number of aryl methyl sites for hydroxylation is 2. The van der Waals surface area contributed by atoms with Crippen LogP contribution >= 0.6 is 11.3 Å². The number of aliphatic hydroxyl groups excluding tert-OH is 1. The van der Waals surface area contributed by atoms with Crippen LogP contribution in [0.1, 0.15) is 44.8 Å². The minimum atomic E-state index is -0.717. The second-order valence-corrected chi connectivity index (χ2v) is 8.71. The Hall–Kier alpha value is -2.71. The van der Waals surface area contributed by atoms with Gasteiger partial charge in [0.25, 0.3) is 5.91 Å². The van der Waals surface area contributed by atoms with E-state index in [1.807, 2.05) is 19.1 Å². The van der Waals surface area contributed by atoms with E-state index in [1.54, 1.807) is 26.2 Å². The Bertz CT molecular complexity index is 1020. The smallest absolute Gasteiger partial charge is 0.290 e. The third-order valence-electron chi connectivity index (χ3n) is 5.49. The van der Waals surface area contributed by atoms with Crippen LogP contribution in [-0.2, 0) is 9.53 Å². The Morgan fingerprint density at radius 2 is 2.20 bits per heavy atom. The van der Waals surface area contributed by atoms with Crippen LogP contribution in [-0.4, -0.2) is 53.0 Å². The van der Waals surface area contributed by atoms with Crippen LogP contribution in [0.4, 0.5) is 0 Å². The highest BCUT2D eigenvalue weighted by atomic mass is 32.1. The SMILES string of the molecule is COc1cccc(C2C(C(=O)c3sc(C)nc3C)=C(O)C(=O)N2CC2CCCO2)c1. The van der Waals surface area contributed by atoms with Crippen molar-refractivity contribution < 1.29 is 24.2 Å². The zero-order valence-corrected chi connectivity index (χ0v) is 18.0. The molecule has 0 spiro atoms. The third-order valence-corrected chi connectivity index (χ3v) is 6.56. The number of amides is 1. The summed E-state index contributed by atoms with van der Waals surface area (Å²) in [4.78, 5) is 32.8. The predicted octanol–water partition coefficient (Wildman–Crippen LogP) is 3.53. The van der Waals surface area contributed by atoms with Gasteiger partial charge in [0, 0.05) is 13.2 Å². The Kier molecular flexibility index (Phi) is 5.62. The molecule has 1 aromatic carbocycles. The van der Waals surface area contributed by atoms with E-state index in [9.17, 15) is 14.7 Å². The normalized spacial score (nSPS) is 21.6. The van der Waals surface area contributed by atoms with Crippen LogP contribution < -0.4 is 4.74 Å². The third kappa shape index (κ3) is 3.61. The minimum absolute atomic E-state index is 0.0815. The Labute approximate surface area is 178 Å². The number of carbonyl (C=O) groups is 2.